The molecular weight excluding hydrogens is 286 g/mol. The number of aryl methyl sites for hydroxylation is 3. The topological polar surface area (TPSA) is 49.3 Å². The molecule has 0 aliphatic rings. The van der Waals surface area contributed by atoms with Crippen LogP contribution in [0, 0.1) is 6.92 Å². The summed E-state index contributed by atoms with van der Waals surface area (Å²) in [5.74, 6) is 0.816. The van der Waals surface area contributed by atoms with Gasteiger partial charge in [-0.25, -0.2) is 9.13 Å². The number of nitrogens with one attached hydrogen (secondary N) is 1. The first-order valence-corrected chi connectivity index (χ1v) is 7.59. The molecule has 4 rings (SSSR count). The number of H-pyrrole nitrogens is 1. The highest BCUT2D eigenvalue weighted by molar-refractivity contribution is 5.92. The molecule has 2 aromatic carbocycles. The smallest absolute Gasteiger partial charge is 0.357 e. The van der Waals surface area contributed by atoms with Crippen LogP contribution in [-0.4, -0.2) is 9.55 Å². The van der Waals surface area contributed by atoms with Crippen LogP contribution in [0.5, 0.6) is 0 Å². The van der Waals surface area contributed by atoms with Gasteiger partial charge in [0, 0.05) is 21.7 Å². The molecule has 0 saturated carbocycles. The van der Waals surface area contributed by atoms with Crippen molar-refractivity contribution >= 4 is 33.6 Å². The zero-order valence-electron chi connectivity index (χ0n) is 13.4. The second-order valence-corrected chi connectivity index (χ2v) is 5.75. The van der Waals surface area contributed by atoms with Crippen LogP contribution < -0.4 is 4.57 Å². The van der Waals surface area contributed by atoms with Gasteiger partial charge >= 0.3 is 5.95 Å². The van der Waals surface area contributed by atoms with E-state index in [0.29, 0.717) is 0 Å². The largest absolute Gasteiger partial charge is 0.422 e. The maximum atomic E-state index is 4.53. The van der Waals surface area contributed by atoms with Gasteiger partial charge in [-0.1, -0.05) is 35.4 Å². The number of azo groups is 1. The molecule has 2 heterocycles. The highest BCUT2D eigenvalue weighted by Gasteiger charge is 2.19. The lowest BCUT2D eigenvalue weighted by Gasteiger charge is -1.91. The normalized spacial score (nSPS) is 12.0. The molecule has 0 atom stereocenters. The number of rotatable bonds is 2. The van der Waals surface area contributed by atoms with E-state index in [1.807, 2.05) is 45.3 Å². The number of nitrogens with zero attached hydrogens (tertiary/aromatic N) is 4. The minimum Gasteiger partial charge on any atom is -0.357 e. The summed E-state index contributed by atoms with van der Waals surface area (Å²) >= 11 is 0. The molecule has 0 aliphatic heterocycles. The molecule has 0 bridgehead atoms. The number of hydrogen-bond acceptors (Lipinski definition) is 2. The monoisotopic (exact) mass is 304 g/mol. The molecule has 0 unspecified atom stereocenters. The molecule has 2 aromatic heterocycles. The molecule has 5 heteroatoms. The molecule has 114 valence electrons. The number of fused-ring (bicyclic) bond motifs is 2. The van der Waals surface area contributed by atoms with Crippen molar-refractivity contribution in [1.82, 2.24) is 9.55 Å². The Morgan fingerprint density at radius 2 is 1.74 bits per heavy atom. The molecule has 0 aliphatic carbocycles. The highest BCUT2D eigenvalue weighted by Crippen LogP contribution is 2.31. The Morgan fingerprint density at radius 3 is 2.57 bits per heavy atom. The van der Waals surface area contributed by atoms with Crippen molar-refractivity contribution < 1.29 is 4.57 Å². The van der Waals surface area contributed by atoms with E-state index in [9.17, 15) is 0 Å². The van der Waals surface area contributed by atoms with Gasteiger partial charge in [0.1, 0.15) is 16.7 Å². The summed E-state index contributed by atoms with van der Waals surface area (Å²) in [6, 6.07) is 16.4. The summed E-state index contributed by atoms with van der Waals surface area (Å²) < 4.78 is 4.12. The molecule has 4 aromatic rings. The number of imidazole rings is 1. The van der Waals surface area contributed by atoms with E-state index in [-0.39, 0.29) is 0 Å². The summed E-state index contributed by atoms with van der Waals surface area (Å²) in [6.45, 7) is 2.02. The fourth-order valence-electron chi connectivity index (χ4n) is 3.09. The third kappa shape index (κ3) is 2.04. The Hall–Kier alpha value is -2.95. The van der Waals surface area contributed by atoms with Crippen LogP contribution in [0.3, 0.4) is 0 Å². The lowest BCUT2D eigenvalue weighted by molar-refractivity contribution is -0.632. The lowest BCUT2D eigenvalue weighted by Crippen LogP contribution is -2.26. The maximum absolute atomic E-state index is 4.53. The predicted molar refractivity (Wildman–Crippen MR) is 91.3 cm³/mol. The third-order valence-electron chi connectivity index (χ3n) is 4.30. The predicted octanol–water partition coefficient (Wildman–Crippen LogP) is 4.21. The van der Waals surface area contributed by atoms with Crippen molar-refractivity contribution in [1.29, 1.82) is 0 Å². The minimum absolute atomic E-state index is 0.816. The molecule has 5 nitrogen and oxygen atoms in total. The Balaban J connectivity index is 1.87. The molecule has 23 heavy (non-hydrogen) atoms. The van der Waals surface area contributed by atoms with Gasteiger partial charge in [-0.2, -0.15) is 0 Å². The van der Waals surface area contributed by atoms with Gasteiger partial charge in [-0.3, -0.25) is 0 Å². The number of hydrogen-bond donors (Lipinski definition) is 1. The first-order chi connectivity index (χ1) is 11.2. The van der Waals surface area contributed by atoms with Crippen LogP contribution in [0.1, 0.15) is 5.69 Å². The number of aromatic nitrogens is 3. The number of benzene rings is 2. The Morgan fingerprint density at radius 1 is 1.00 bits per heavy atom. The van der Waals surface area contributed by atoms with Gasteiger partial charge in [-0.05, 0) is 25.1 Å². The Labute approximate surface area is 133 Å². The molecule has 0 spiro atoms. The minimum atomic E-state index is 0.816. The van der Waals surface area contributed by atoms with Crippen molar-refractivity contribution in [2.24, 2.45) is 24.3 Å². The standard InChI is InChI=1S/C18H17N5/c1-12-17(13-8-4-5-9-14(13)19-12)20-21-18-22(2)15-10-6-7-11-16(15)23(18)3/h4-11H,1-3H3/p+1. The fourth-order valence-corrected chi connectivity index (χ4v) is 3.09. The maximum Gasteiger partial charge on any atom is 0.422 e. The number of para-hydroxylation sites is 3. The zero-order chi connectivity index (χ0) is 16.0. The number of aromatic amines is 1. The van der Waals surface area contributed by atoms with Gasteiger partial charge in [0.2, 0.25) is 0 Å². The van der Waals surface area contributed by atoms with E-state index in [4.69, 9.17) is 0 Å². The van der Waals surface area contributed by atoms with Crippen LogP contribution >= 0.6 is 0 Å². The molecule has 0 radical (unpaired) electrons. The molecule has 0 amide bonds. The van der Waals surface area contributed by atoms with E-state index in [1.165, 1.54) is 0 Å². The van der Waals surface area contributed by atoms with Gasteiger partial charge in [0.15, 0.2) is 0 Å². The first kappa shape index (κ1) is 13.7. The second-order valence-electron chi connectivity index (χ2n) is 5.75. The second kappa shape index (κ2) is 5.05. The highest BCUT2D eigenvalue weighted by atomic mass is 15.3. The van der Waals surface area contributed by atoms with Crippen molar-refractivity contribution in [3.8, 4) is 0 Å². The van der Waals surface area contributed by atoms with Crippen LogP contribution in [0.25, 0.3) is 21.9 Å². The lowest BCUT2D eigenvalue weighted by atomic mass is 10.2. The summed E-state index contributed by atoms with van der Waals surface area (Å²) in [7, 11) is 4.03. The van der Waals surface area contributed by atoms with Gasteiger partial charge in [0.05, 0.1) is 14.1 Å². The Bertz CT molecular complexity index is 1010. The summed E-state index contributed by atoms with van der Waals surface area (Å²) in [6.07, 6.45) is 0. The fraction of sp³-hybridized carbons (Fsp3) is 0.167. The van der Waals surface area contributed by atoms with Gasteiger partial charge in [-0.15, -0.1) is 0 Å². The van der Waals surface area contributed by atoms with Crippen LogP contribution in [0.2, 0.25) is 0 Å². The van der Waals surface area contributed by atoms with Crippen molar-refractivity contribution in [2.45, 2.75) is 6.92 Å². The average molecular weight is 304 g/mol. The molecule has 1 N–H and O–H groups in total. The van der Waals surface area contributed by atoms with E-state index in [1.54, 1.807) is 0 Å². The van der Waals surface area contributed by atoms with Crippen LogP contribution in [-0.2, 0) is 14.1 Å². The Kier molecular flexibility index (Phi) is 3.01. The SMILES string of the molecule is Cc1[nH]c2ccccc2c1N=Nc1n(C)c2ccccc2[n+]1C. The summed E-state index contributed by atoms with van der Waals surface area (Å²) in [4.78, 5) is 3.35. The average Bonchev–Trinajstić information content (AvgIpc) is 3.01. The van der Waals surface area contributed by atoms with E-state index in [2.05, 4.69) is 48.6 Å². The van der Waals surface area contributed by atoms with Crippen LogP contribution in [0.4, 0.5) is 11.6 Å². The van der Waals surface area contributed by atoms with Gasteiger partial charge < -0.3 is 4.98 Å². The zero-order valence-corrected chi connectivity index (χ0v) is 13.4. The molecular formula is C18H18N5+. The van der Waals surface area contributed by atoms with Crippen LogP contribution in [0.15, 0.2) is 58.8 Å². The van der Waals surface area contributed by atoms with E-state index in [0.717, 1.165) is 39.3 Å². The molecule has 0 fully saturated rings. The van der Waals surface area contributed by atoms with E-state index < -0.39 is 0 Å². The van der Waals surface area contributed by atoms with Crippen molar-refractivity contribution in [2.75, 3.05) is 0 Å². The van der Waals surface area contributed by atoms with E-state index >= 15 is 0 Å². The van der Waals surface area contributed by atoms with Crippen molar-refractivity contribution in [3.63, 3.8) is 0 Å². The summed E-state index contributed by atoms with van der Waals surface area (Å²) in [5, 5.41) is 10.2. The summed E-state index contributed by atoms with van der Waals surface area (Å²) in [5.41, 5.74) is 5.28. The third-order valence-corrected chi connectivity index (χ3v) is 4.30. The molecule has 0 saturated heterocycles. The quantitative estimate of drug-likeness (QED) is 0.426. The first-order valence-electron chi connectivity index (χ1n) is 7.59. The van der Waals surface area contributed by atoms with Gasteiger partial charge in [0.25, 0.3) is 0 Å². The van der Waals surface area contributed by atoms with Crippen molar-refractivity contribution in [3.05, 3.63) is 54.2 Å².